The van der Waals surface area contributed by atoms with E-state index in [4.69, 9.17) is 4.74 Å². The summed E-state index contributed by atoms with van der Waals surface area (Å²) in [6, 6.07) is 6.00. The highest BCUT2D eigenvalue weighted by Crippen LogP contribution is 2.22. The van der Waals surface area contributed by atoms with Gasteiger partial charge in [-0.15, -0.1) is 0 Å². The van der Waals surface area contributed by atoms with E-state index >= 15 is 0 Å². The van der Waals surface area contributed by atoms with Gasteiger partial charge in [0.05, 0.1) is 0 Å². The highest BCUT2D eigenvalue weighted by atomic mass is 19.1. The Hall–Kier alpha value is -1.09. The van der Waals surface area contributed by atoms with Crippen molar-refractivity contribution < 1.29 is 9.13 Å². The van der Waals surface area contributed by atoms with E-state index in [0.717, 1.165) is 12.8 Å². The van der Waals surface area contributed by atoms with Gasteiger partial charge in [-0.3, -0.25) is 0 Å². The van der Waals surface area contributed by atoms with Crippen LogP contribution >= 0.6 is 0 Å². The molecule has 1 aliphatic heterocycles. The molecule has 2 rings (SSSR count). The van der Waals surface area contributed by atoms with Crippen LogP contribution in [0.25, 0.3) is 0 Å². The van der Waals surface area contributed by atoms with Gasteiger partial charge in [-0.1, -0.05) is 6.07 Å². The molecule has 17 heavy (non-hydrogen) atoms. The fourth-order valence-corrected chi connectivity index (χ4v) is 2.44. The van der Waals surface area contributed by atoms with Crippen molar-refractivity contribution >= 4 is 0 Å². The Kier molecular flexibility index (Phi) is 3.67. The summed E-state index contributed by atoms with van der Waals surface area (Å²) in [6.07, 6.45) is 2.13. The molecule has 2 atom stereocenters. The minimum atomic E-state index is -0.197. The number of piperidine rings is 1. The van der Waals surface area contributed by atoms with Crippen LogP contribution in [0.15, 0.2) is 18.2 Å². The van der Waals surface area contributed by atoms with Gasteiger partial charge in [-0.25, -0.2) is 4.39 Å². The molecule has 1 saturated heterocycles. The van der Waals surface area contributed by atoms with E-state index in [1.165, 1.54) is 6.07 Å². The molecule has 1 heterocycles. The average molecular weight is 237 g/mol. The van der Waals surface area contributed by atoms with E-state index in [2.05, 4.69) is 19.2 Å². The first-order valence-electron chi connectivity index (χ1n) is 6.23. The van der Waals surface area contributed by atoms with Crippen LogP contribution in [0.5, 0.6) is 5.75 Å². The summed E-state index contributed by atoms with van der Waals surface area (Å²) in [7, 11) is 0. The first kappa shape index (κ1) is 12.4. The lowest BCUT2D eigenvalue weighted by molar-refractivity contribution is 0.123. The number of hydrogen-bond donors (Lipinski definition) is 1. The number of ether oxygens (including phenoxy) is 1. The third kappa shape index (κ3) is 3.19. The monoisotopic (exact) mass is 237 g/mol. The predicted octanol–water partition coefficient (Wildman–Crippen LogP) is 3.04. The number of rotatable bonds is 2. The van der Waals surface area contributed by atoms with Crippen LogP contribution in [0.1, 0.15) is 32.3 Å². The molecule has 0 amide bonds. The Morgan fingerprint density at radius 3 is 2.47 bits per heavy atom. The second-order valence-electron chi connectivity index (χ2n) is 5.09. The van der Waals surface area contributed by atoms with Crippen LogP contribution in [-0.4, -0.2) is 18.2 Å². The SMILES string of the molecule is Cc1ccc(OC2CC(C)NC(C)C2)cc1F. The normalized spacial score (nSPS) is 29.1. The zero-order chi connectivity index (χ0) is 12.4. The van der Waals surface area contributed by atoms with Crippen molar-refractivity contribution in [3.63, 3.8) is 0 Å². The maximum Gasteiger partial charge on any atom is 0.129 e. The van der Waals surface area contributed by atoms with Gasteiger partial charge in [-0.2, -0.15) is 0 Å². The van der Waals surface area contributed by atoms with Gasteiger partial charge in [0, 0.05) is 18.2 Å². The molecule has 0 radical (unpaired) electrons. The van der Waals surface area contributed by atoms with Crippen LogP contribution in [0.4, 0.5) is 4.39 Å². The van der Waals surface area contributed by atoms with Crippen molar-refractivity contribution in [3.05, 3.63) is 29.6 Å². The summed E-state index contributed by atoms with van der Waals surface area (Å²) >= 11 is 0. The molecule has 2 nitrogen and oxygen atoms in total. The molecule has 2 unspecified atom stereocenters. The van der Waals surface area contributed by atoms with E-state index in [0.29, 0.717) is 23.4 Å². The van der Waals surface area contributed by atoms with Crippen molar-refractivity contribution in [3.8, 4) is 5.75 Å². The molecule has 0 aliphatic carbocycles. The molecule has 1 aromatic carbocycles. The Labute approximate surface area is 102 Å². The lowest BCUT2D eigenvalue weighted by atomic mass is 9.97. The summed E-state index contributed by atoms with van der Waals surface area (Å²) in [4.78, 5) is 0. The topological polar surface area (TPSA) is 21.3 Å². The number of aryl methyl sites for hydroxylation is 1. The Morgan fingerprint density at radius 1 is 1.24 bits per heavy atom. The zero-order valence-corrected chi connectivity index (χ0v) is 10.7. The third-order valence-electron chi connectivity index (χ3n) is 3.25. The average Bonchev–Trinajstić information content (AvgIpc) is 2.22. The smallest absolute Gasteiger partial charge is 0.129 e. The Morgan fingerprint density at radius 2 is 1.88 bits per heavy atom. The van der Waals surface area contributed by atoms with Crippen molar-refractivity contribution in [2.24, 2.45) is 0 Å². The number of hydrogen-bond acceptors (Lipinski definition) is 2. The second kappa shape index (κ2) is 5.05. The predicted molar refractivity (Wildman–Crippen MR) is 66.8 cm³/mol. The molecule has 1 fully saturated rings. The van der Waals surface area contributed by atoms with Crippen LogP contribution in [-0.2, 0) is 0 Å². The van der Waals surface area contributed by atoms with E-state index in [9.17, 15) is 4.39 Å². The summed E-state index contributed by atoms with van der Waals surface area (Å²) in [5, 5.41) is 3.46. The van der Waals surface area contributed by atoms with Crippen molar-refractivity contribution in [1.82, 2.24) is 5.32 Å². The molecule has 3 heteroatoms. The van der Waals surface area contributed by atoms with Gasteiger partial charge < -0.3 is 10.1 Å². The van der Waals surface area contributed by atoms with E-state index < -0.39 is 0 Å². The summed E-state index contributed by atoms with van der Waals surface area (Å²) in [5.74, 6) is 0.442. The van der Waals surface area contributed by atoms with Crippen molar-refractivity contribution in [1.29, 1.82) is 0 Å². The lowest BCUT2D eigenvalue weighted by Gasteiger charge is -2.33. The van der Waals surface area contributed by atoms with Gasteiger partial charge >= 0.3 is 0 Å². The van der Waals surface area contributed by atoms with Crippen LogP contribution in [0, 0.1) is 12.7 Å². The minimum Gasteiger partial charge on any atom is -0.490 e. The maximum atomic E-state index is 13.4. The standard InChI is InChI=1S/C14H20FNO/c1-9-4-5-12(8-14(9)15)17-13-6-10(2)16-11(3)7-13/h4-5,8,10-11,13,16H,6-7H2,1-3H3. The van der Waals surface area contributed by atoms with Gasteiger partial charge in [0.2, 0.25) is 0 Å². The first-order valence-corrected chi connectivity index (χ1v) is 6.23. The highest BCUT2D eigenvalue weighted by Gasteiger charge is 2.24. The minimum absolute atomic E-state index is 0.184. The maximum absolute atomic E-state index is 13.4. The number of nitrogens with one attached hydrogen (secondary N) is 1. The van der Waals surface area contributed by atoms with Crippen molar-refractivity contribution in [2.45, 2.75) is 51.8 Å². The van der Waals surface area contributed by atoms with E-state index in [-0.39, 0.29) is 11.9 Å². The van der Waals surface area contributed by atoms with Crippen LogP contribution < -0.4 is 10.1 Å². The quantitative estimate of drug-likeness (QED) is 0.853. The Bertz CT molecular complexity index is 384. The largest absolute Gasteiger partial charge is 0.490 e. The molecule has 0 spiro atoms. The van der Waals surface area contributed by atoms with Gasteiger partial charge in [-0.05, 0) is 45.2 Å². The molecule has 1 N–H and O–H groups in total. The van der Waals surface area contributed by atoms with Crippen LogP contribution in [0.3, 0.4) is 0 Å². The summed E-state index contributed by atoms with van der Waals surface area (Å²) < 4.78 is 19.2. The molecule has 1 aliphatic rings. The second-order valence-corrected chi connectivity index (χ2v) is 5.09. The molecule has 0 bridgehead atoms. The lowest BCUT2D eigenvalue weighted by Crippen LogP contribution is -2.46. The molecule has 94 valence electrons. The van der Waals surface area contributed by atoms with Gasteiger partial charge in [0.25, 0.3) is 0 Å². The van der Waals surface area contributed by atoms with E-state index in [1.807, 2.05) is 6.07 Å². The molecule has 0 saturated carbocycles. The number of benzene rings is 1. The first-order chi connectivity index (χ1) is 8.04. The molecule has 0 aromatic heterocycles. The summed E-state index contributed by atoms with van der Waals surface area (Å²) in [6.45, 7) is 6.07. The molecular formula is C14H20FNO. The number of halogens is 1. The van der Waals surface area contributed by atoms with Crippen LogP contribution in [0.2, 0.25) is 0 Å². The third-order valence-corrected chi connectivity index (χ3v) is 3.25. The summed E-state index contributed by atoms with van der Waals surface area (Å²) in [5.41, 5.74) is 0.657. The molecular weight excluding hydrogens is 217 g/mol. The van der Waals surface area contributed by atoms with Gasteiger partial charge in [0.1, 0.15) is 17.7 Å². The molecule has 1 aromatic rings. The van der Waals surface area contributed by atoms with Gasteiger partial charge in [0.15, 0.2) is 0 Å². The van der Waals surface area contributed by atoms with Crippen molar-refractivity contribution in [2.75, 3.05) is 0 Å². The zero-order valence-electron chi connectivity index (χ0n) is 10.7. The fourth-order valence-electron chi connectivity index (χ4n) is 2.44. The fraction of sp³-hybridized carbons (Fsp3) is 0.571. The Balaban J connectivity index is 2.02. The highest BCUT2D eigenvalue weighted by molar-refractivity contribution is 5.28. The van der Waals surface area contributed by atoms with E-state index in [1.54, 1.807) is 13.0 Å².